The Bertz CT molecular complexity index is 445. The van der Waals surface area contributed by atoms with Gasteiger partial charge in [-0.15, -0.1) is 0 Å². The van der Waals surface area contributed by atoms with Crippen molar-refractivity contribution in [3.8, 4) is 0 Å². The van der Waals surface area contributed by atoms with Crippen LogP contribution in [0, 0.1) is 12.7 Å². The highest BCUT2D eigenvalue weighted by Crippen LogP contribution is 2.33. The summed E-state index contributed by atoms with van der Waals surface area (Å²) in [6.45, 7) is 8.48. The van der Waals surface area contributed by atoms with Crippen LogP contribution in [0.1, 0.15) is 56.7 Å². The zero-order chi connectivity index (χ0) is 15.5. The average molecular weight is 293 g/mol. The molecule has 0 spiro atoms. The van der Waals surface area contributed by atoms with E-state index in [0.29, 0.717) is 0 Å². The van der Waals surface area contributed by atoms with E-state index in [1.807, 2.05) is 13.0 Å². The lowest BCUT2D eigenvalue weighted by Gasteiger charge is -2.44. The van der Waals surface area contributed by atoms with E-state index in [1.54, 1.807) is 12.1 Å². The monoisotopic (exact) mass is 293 g/mol. The number of hydrazine groups is 1. The van der Waals surface area contributed by atoms with Gasteiger partial charge in [-0.2, -0.15) is 0 Å². The molecule has 0 aliphatic carbocycles. The molecule has 3 N–H and O–H groups in total. The van der Waals surface area contributed by atoms with Gasteiger partial charge in [0.25, 0.3) is 0 Å². The van der Waals surface area contributed by atoms with Crippen LogP contribution in [0.25, 0.3) is 0 Å². The first-order chi connectivity index (χ1) is 9.95. The Kier molecular flexibility index (Phi) is 5.36. The van der Waals surface area contributed by atoms with Crippen LogP contribution in [0.4, 0.5) is 4.39 Å². The van der Waals surface area contributed by atoms with Gasteiger partial charge in [0.15, 0.2) is 0 Å². The third-order valence-electron chi connectivity index (χ3n) is 4.69. The Morgan fingerprint density at radius 1 is 1.14 bits per heavy atom. The van der Waals surface area contributed by atoms with Crippen molar-refractivity contribution < 1.29 is 4.39 Å². The Morgan fingerprint density at radius 3 is 2.29 bits per heavy atom. The van der Waals surface area contributed by atoms with Gasteiger partial charge >= 0.3 is 0 Å². The number of aryl methyl sites for hydroxylation is 1. The fraction of sp³-hybridized carbons (Fsp3) is 0.647. The Balaban J connectivity index is 2.28. The first-order valence-electron chi connectivity index (χ1n) is 7.93. The quantitative estimate of drug-likeness (QED) is 0.661. The molecule has 1 aromatic rings. The molecule has 0 amide bonds. The fourth-order valence-electron chi connectivity index (χ4n) is 3.47. The molecule has 2 rings (SSSR count). The molecule has 0 bridgehead atoms. The van der Waals surface area contributed by atoms with E-state index in [-0.39, 0.29) is 17.4 Å². The zero-order valence-corrected chi connectivity index (χ0v) is 13.5. The number of nitrogens with two attached hydrogens (primary N) is 1. The normalized spacial score (nSPS) is 19.3. The number of hydrogen-bond acceptors (Lipinski definition) is 3. The van der Waals surface area contributed by atoms with E-state index in [0.717, 1.165) is 24.2 Å². The third-order valence-corrected chi connectivity index (χ3v) is 4.69. The van der Waals surface area contributed by atoms with Crippen LogP contribution >= 0.6 is 0 Å². The van der Waals surface area contributed by atoms with Gasteiger partial charge in [0.05, 0.1) is 6.04 Å². The summed E-state index contributed by atoms with van der Waals surface area (Å²) in [5.41, 5.74) is 4.62. The van der Waals surface area contributed by atoms with Crippen molar-refractivity contribution >= 4 is 0 Å². The minimum Gasteiger partial charge on any atom is -0.296 e. The number of likely N-dealkylation sites (tertiary alicyclic amines) is 1. The summed E-state index contributed by atoms with van der Waals surface area (Å²) < 4.78 is 13.7. The number of rotatable bonds is 4. The summed E-state index contributed by atoms with van der Waals surface area (Å²) >= 11 is 0. The molecule has 21 heavy (non-hydrogen) atoms. The van der Waals surface area contributed by atoms with E-state index in [1.165, 1.54) is 25.7 Å². The molecule has 3 nitrogen and oxygen atoms in total. The molecule has 1 saturated heterocycles. The maximum absolute atomic E-state index is 13.7. The minimum absolute atomic E-state index is 0.0926. The molecule has 0 aromatic heterocycles. The highest BCUT2D eigenvalue weighted by molar-refractivity contribution is 5.28. The molecule has 4 heteroatoms. The molecule has 1 heterocycles. The van der Waals surface area contributed by atoms with Gasteiger partial charge in [0, 0.05) is 5.54 Å². The summed E-state index contributed by atoms with van der Waals surface area (Å²) in [6.07, 6.45) is 5.05. The summed E-state index contributed by atoms with van der Waals surface area (Å²) in [6, 6.07) is 5.07. The number of nitrogens with zero attached hydrogens (tertiary/aromatic N) is 1. The number of benzene rings is 1. The van der Waals surface area contributed by atoms with Crippen molar-refractivity contribution in [3.05, 3.63) is 35.1 Å². The maximum atomic E-state index is 13.7. The first-order valence-corrected chi connectivity index (χ1v) is 7.93. The molecule has 0 saturated carbocycles. The molecule has 1 unspecified atom stereocenters. The van der Waals surface area contributed by atoms with Crippen molar-refractivity contribution in [2.75, 3.05) is 13.1 Å². The summed E-state index contributed by atoms with van der Waals surface area (Å²) in [5, 5.41) is 0. The molecule has 1 aromatic carbocycles. The van der Waals surface area contributed by atoms with Crippen LogP contribution in [0.2, 0.25) is 0 Å². The molecule has 118 valence electrons. The standard InChI is InChI=1S/C17H28FN3/c1-13-10-14(12-15(18)11-13)16(20-19)17(2,3)21-8-6-4-5-7-9-21/h10-12,16,20H,4-9,19H2,1-3H3. The van der Waals surface area contributed by atoms with E-state index in [2.05, 4.69) is 24.2 Å². The Labute approximate surface area is 127 Å². The molecule has 1 fully saturated rings. The van der Waals surface area contributed by atoms with E-state index >= 15 is 0 Å². The Hall–Kier alpha value is -0.970. The SMILES string of the molecule is Cc1cc(F)cc(C(NN)C(C)(C)N2CCCCCC2)c1. The topological polar surface area (TPSA) is 41.3 Å². The minimum atomic E-state index is -0.197. The molecule has 1 aliphatic heterocycles. The number of hydrogen-bond donors (Lipinski definition) is 2. The van der Waals surface area contributed by atoms with Crippen molar-refractivity contribution in [2.24, 2.45) is 5.84 Å². The molecular weight excluding hydrogens is 265 g/mol. The fourth-order valence-corrected chi connectivity index (χ4v) is 3.47. The van der Waals surface area contributed by atoms with Crippen LogP contribution in [0.15, 0.2) is 18.2 Å². The maximum Gasteiger partial charge on any atom is 0.123 e. The predicted molar refractivity (Wildman–Crippen MR) is 85.3 cm³/mol. The second-order valence-corrected chi connectivity index (χ2v) is 6.72. The van der Waals surface area contributed by atoms with Gasteiger partial charge in [-0.25, -0.2) is 4.39 Å². The summed E-state index contributed by atoms with van der Waals surface area (Å²) in [7, 11) is 0. The van der Waals surface area contributed by atoms with Crippen LogP contribution < -0.4 is 11.3 Å². The van der Waals surface area contributed by atoms with Gasteiger partial charge in [-0.1, -0.05) is 18.9 Å². The van der Waals surface area contributed by atoms with Gasteiger partial charge < -0.3 is 0 Å². The second-order valence-electron chi connectivity index (χ2n) is 6.72. The third kappa shape index (κ3) is 3.82. The zero-order valence-electron chi connectivity index (χ0n) is 13.5. The molecule has 0 radical (unpaired) electrons. The summed E-state index contributed by atoms with van der Waals surface area (Å²) in [5.74, 6) is 5.64. The molecule has 1 atom stereocenters. The smallest absolute Gasteiger partial charge is 0.123 e. The van der Waals surface area contributed by atoms with E-state index < -0.39 is 0 Å². The van der Waals surface area contributed by atoms with E-state index in [4.69, 9.17) is 5.84 Å². The van der Waals surface area contributed by atoms with Crippen molar-refractivity contribution in [2.45, 2.75) is 58.0 Å². The van der Waals surface area contributed by atoms with Gasteiger partial charge in [0.1, 0.15) is 5.82 Å². The van der Waals surface area contributed by atoms with Crippen molar-refractivity contribution in [1.82, 2.24) is 10.3 Å². The van der Waals surface area contributed by atoms with Crippen LogP contribution in [-0.2, 0) is 0 Å². The van der Waals surface area contributed by atoms with Crippen molar-refractivity contribution in [1.29, 1.82) is 0 Å². The lowest BCUT2D eigenvalue weighted by Crippen LogP contribution is -2.54. The second kappa shape index (κ2) is 6.86. The lowest BCUT2D eigenvalue weighted by atomic mass is 9.86. The molecular formula is C17H28FN3. The predicted octanol–water partition coefficient (Wildman–Crippen LogP) is 3.29. The van der Waals surface area contributed by atoms with Gasteiger partial charge in [-0.05, 0) is 70.0 Å². The number of nitrogens with one attached hydrogen (secondary N) is 1. The molecule has 1 aliphatic rings. The highest BCUT2D eigenvalue weighted by atomic mass is 19.1. The van der Waals surface area contributed by atoms with Gasteiger partial charge in [0.2, 0.25) is 0 Å². The summed E-state index contributed by atoms with van der Waals surface area (Å²) in [4.78, 5) is 2.49. The van der Waals surface area contributed by atoms with Gasteiger partial charge in [-0.3, -0.25) is 16.2 Å². The first kappa shape index (κ1) is 16.4. The largest absolute Gasteiger partial charge is 0.296 e. The van der Waals surface area contributed by atoms with Crippen LogP contribution in [-0.4, -0.2) is 23.5 Å². The van der Waals surface area contributed by atoms with Crippen LogP contribution in [0.3, 0.4) is 0 Å². The van der Waals surface area contributed by atoms with Crippen molar-refractivity contribution in [3.63, 3.8) is 0 Å². The average Bonchev–Trinajstić information content (AvgIpc) is 2.67. The lowest BCUT2D eigenvalue weighted by molar-refractivity contribution is 0.0833. The Morgan fingerprint density at radius 2 is 1.76 bits per heavy atom. The van der Waals surface area contributed by atoms with E-state index in [9.17, 15) is 4.39 Å². The van der Waals surface area contributed by atoms with Crippen LogP contribution in [0.5, 0.6) is 0 Å². The number of halogens is 1. The highest BCUT2D eigenvalue weighted by Gasteiger charge is 2.36.